The monoisotopic (exact) mass is 322 g/mol. The van der Waals surface area contributed by atoms with Crippen LogP contribution < -0.4 is 4.74 Å². The summed E-state index contributed by atoms with van der Waals surface area (Å²) >= 11 is 1.56. The number of ether oxygens (including phenoxy) is 1. The Morgan fingerprint density at radius 3 is 2.91 bits per heavy atom. The van der Waals surface area contributed by atoms with Crippen LogP contribution in [-0.2, 0) is 0 Å². The molecule has 0 radical (unpaired) electrons. The van der Waals surface area contributed by atoms with Gasteiger partial charge in [-0.3, -0.25) is 0 Å². The molecule has 0 unspecified atom stereocenters. The van der Waals surface area contributed by atoms with E-state index in [1.165, 1.54) is 5.39 Å². The van der Waals surface area contributed by atoms with E-state index < -0.39 is 0 Å². The minimum Gasteiger partial charge on any atom is -0.492 e. The van der Waals surface area contributed by atoms with Crippen molar-refractivity contribution < 1.29 is 4.74 Å². The predicted octanol–water partition coefficient (Wildman–Crippen LogP) is 3.45. The second kappa shape index (κ2) is 6.26. The molecule has 0 N–H and O–H groups in total. The lowest BCUT2D eigenvalue weighted by molar-refractivity contribution is 0.348. The maximum absolute atomic E-state index is 5.92. The molecule has 0 aliphatic rings. The van der Waals surface area contributed by atoms with Crippen LogP contribution in [0.15, 0.2) is 66.1 Å². The number of fused-ring (bicyclic) bond motifs is 2. The molecule has 0 atom stereocenters. The summed E-state index contributed by atoms with van der Waals surface area (Å²) in [6, 6.07) is 16.2. The molecule has 2 heterocycles. The molecule has 0 fully saturated rings. The van der Waals surface area contributed by atoms with Gasteiger partial charge in [-0.25, -0.2) is 9.50 Å². The Bertz CT molecular complexity index is 915. The number of thioether (sulfide) groups is 1. The van der Waals surface area contributed by atoms with E-state index in [-0.39, 0.29) is 0 Å². The van der Waals surface area contributed by atoms with Crippen LogP contribution in [0.3, 0.4) is 0 Å². The molecule has 6 heteroatoms. The molecular formula is C17H14N4OS. The summed E-state index contributed by atoms with van der Waals surface area (Å²) in [6.07, 6.45) is 3.55. The summed E-state index contributed by atoms with van der Waals surface area (Å²) in [5.41, 5.74) is 0. The zero-order valence-corrected chi connectivity index (χ0v) is 13.1. The van der Waals surface area contributed by atoms with Gasteiger partial charge in [0.2, 0.25) is 5.16 Å². The largest absolute Gasteiger partial charge is 0.492 e. The van der Waals surface area contributed by atoms with Gasteiger partial charge in [-0.05, 0) is 17.5 Å². The summed E-state index contributed by atoms with van der Waals surface area (Å²) in [5.74, 6) is 2.30. The standard InChI is InChI=1S/C17H14N4OS/c1-2-7-14-13(5-1)6-3-8-15(14)22-11-12-23-17-19-16-18-9-4-10-21(16)20-17/h1-10H,11-12H2. The molecule has 0 aliphatic carbocycles. The first kappa shape index (κ1) is 14.0. The summed E-state index contributed by atoms with van der Waals surface area (Å²) in [5, 5.41) is 7.39. The quantitative estimate of drug-likeness (QED) is 0.416. The Hall–Kier alpha value is -2.60. The average Bonchev–Trinajstić information content (AvgIpc) is 3.01. The second-order valence-electron chi connectivity index (χ2n) is 4.93. The van der Waals surface area contributed by atoms with Gasteiger partial charge in [-0.2, -0.15) is 4.98 Å². The fraction of sp³-hybridized carbons (Fsp3) is 0.118. The zero-order valence-electron chi connectivity index (χ0n) is 12.3. The first-order valence-electron chi connectivity index (χ1n) is 7.31. The van der Waals surface area contributed by atoms with E-state index in [1.54, 1.807) is 22.5 Å². The molecule has 0 saturated carbocycles. The first-order chi connectivity index (χ1) is 11.4. The third-order valence-electron chi connectivity index (χ3n) is 3.42. The molecule has 0 saturated heterocycles. The molecule has 0 aliphatic heterocycles. The average molecular weight is 322 g/mol. The lowest BCUT2D eigenvalue weighted by Crippen LogP contribution is -2.00. The van der Waals surface area contributed by atoms with E-state index >= 15 is 0 Å². The fourth-order valence-electron chi connectivity index (χ4n) is 2.38. The second-order valence-corrected chi connectivity index (χ2v) is 5.99. The van der Waals surface area contributed by atoms with Crippen molar-refractivity contribution in [3.8, 4) is 5.75 Å². The van der Waals surface area contributed by atoms with Gasteiger partial charge in [-0.1, -0.05) is 48.2 Å². The molecule has 114 valence electrons. The molecule has 0 spiro atoms. The molecule has 2 aromatic heterocycles. The summed E-state index contributed by atoms with van der Waals surface area (Å²) in [7, 11) is 0. The number of aromatic nitrogens is 4. The van der Waals surface area contributed by atoms with E-state index in [0.717, 1.165) is 16.9 Å². The van der Waals surface area contributed by atoms with Crippen molar-refractivity contribution in [2.75, 3.05) is 12.4 Å². The summed E-state index contributed by atoms with van der Waals surface area (Å²) < 4.78 is 7.59. The van der Waals surface area contributed by atoms with Gasteiger partial charge in [-0.15, -0.1) is 5.10 Å². The van der Waals surface area contributed by atoms with E-state index in [4.69, 9.17) is 4.74 Å². The molecule has 0 bridgehead atoms. The van der Waals surface area contributed by atoms with Crippen LogP contribution in [0.2, 0.25) is 0 Å². The van der Waals surface area contributed by atoms with Crippen LogP contribution in [0.5, 0.6) is 5.75 Å². The van der Waals surface area contributed by atoms with Gasteiger partial charge in [0.25, 0.3) is 5.78 Å². The maximum atomic E-state index is 5.92. The molecule has 5 nitrogen and oxygen atoms in total. The van der Waals surface area contributed by atoms with Crippen LogP contribution in [0, 0.1) is 0 Å². The SMILES string of the molecule is c1ccc2c(OCCSc3nc4ncccn4n3)cccc2c1. The summed E-state index contributed by atoms with van der Waals surface area (Å²) in [4.78, 5) is 8.51. The third kappa shape index (κ3) is 2.98. The normalized spacial score (nSPS) is 11.1. The Kier molecular flexibility index (Phi) is 3.81. The molecule has 4 rings (SSSR count). The smallest absolute Gasteiger partial charge is 0.253 e. The van der Waals surface area contributed by atoms with Gasteiger partial charge in [0.1, 0.15) is 5.75 Å². The van der Waals surface area contributed by atoms with Crippen molar-refractivity contribution in [2.24, 2.45) is 0 Å². The minimum absolute atomic E-state index is 0.599. The molecular weight excluding hydrogens is 308 g/mol. The molecule has 0 amide bonds. The minimum atomic E-state index is 0.599. The van der Waals surface area contributed by atoms with E-state index in [1.807, 2.05) is 36.5 Å². The number of benzene rings is 2. The number of hydrogen-bond donors (Lipinski definition) is 0. The van der Waals surface area contributed by atoms with Crippen LogP contribution >= 0.6 is 11.8 Å². The lowest BCUT2D eigenvalue weighted by Gasteiger charge is -2.08. The van der Waals surface area contributed by atoms with Crippen molar-refractivity contribution in [1.82, 2.24) is 19.6 Å². The van der Waals surface area contributed by atoms with Gasteiger partial charge in [0.05, 0.1) is 6.61 Å². The van der Waals surface area contributed by atoms with Gasteiger partial charge < -0.3 is 4.74 Å². The number of nitrogens with zero attached hydrogens (tertiary/aromatic N) is 4. The van der Waals surface area contributed by atoms with Crippen LogP contribution in [-0.4, -0.2) is 31.9 Å². The van der Waals surface area contributed by atoms with Crippen molar-refractivity contribution in [3.63, 3.8) is 0 Å². The van der Waals surface area contributed by atoms with Gasteiger partial charge in [0, 0.05) is 23.5 Å². The highest BCUT2D eigenvalue weighted by molar-refractivity contribution is 7.99. The first-order valence-corrected chi connectivity index (χ1v) is 8.29. The highest BCUT2D eigenvalue weighted by atomic mass is 32.2. The van der Waals surface area contributed by atoms with Crippen molar-refractivity contribution in [2.45, 2.75) is 5.16 Å². The van der Waals surface area contributed by atoms with Crippen LogP contribution in [0.4, 0.5) is 0 Å². The van der Waals surface area contributed by atoms with Gasteiger partial charge >= 0.3 is 0 Å². The van der Waals surface area contributed by atoms with E-state index in [2.05, 4.69) is 33.3 Å². The molecule has 4 aromatic rings. The Balaban J connectivity index is 1.39. The third-order valence-corrected chi connectivity index (χ3v) is 4.22. The van der Waals surface area contributed by atoms with E-state index in [0.29, 0.717) is 17.5 Å². The van der Waals surface area contributed by atoms with Crippen molar-refractivity contribution in [1.29, 1.82) is 0 Å². The highest BCUT2D eigenvalue weighted by Gasteiger charge is 2.05. The van der Waals surface area contributed by atoms with E-state index in [9.17, 15) is 0 Å². The maximum Gasteiger partial charge on any atom is 0.253 e. The Morgan fingerprint density at radius 2 is 1.96 bits per heavy atom. The topological polar surface area (TPSA) is 52.3 Å². The van der Waals surface area contributed by atoms with Crippen molar-refractivity contribution in [3.05, 3.63) is 60.9 Å². The Morgan fingerprint density at radius 1 is 1.04 bits per heavy atom. The van der Waals surface area contributed by atoms with Crippen LogP contribution in [0.1, 0.15) is 0 Å². The molecule has 23 heavy (non-hydrogen) atoms. The fourth-order valence-corrected chi connectivity index (χ4v) is 3.02. The zero-order chi connectivity index (χ0) is 15.5. The van der Waals surface area contributed by atoms with Crippen molar-refractivity contribution >= 4 is 28.3 Å². The highest BCUT2D eigenvalue weighted by Crippen LogP contribution is 2.25. The number of rotatable bonds is 5. The summed E-state index contributed by atoms with van der Waals surface area (Å²) in [6.45, 7) is 0.599. The lowest BCUT2D eigenvalue weighted by atomic mass is 10.1. The predicted molar refractivity (Wildman–Crippen MR) is 90.9 cm³/mol. The number of hydrogen-bond acceptors (Lipinski definition) is 5. The Labute approximate surface area is 137 Å². The van der Waals surface area contributed by atoms with Gasteiger partial charge in [0.15, 0.2) is 0 Å². The van der Waals surface area contributed by atoms with Crippen LogP contribution in [0.25, 0.3) is 16.6 Å². The molecule has 2 aromatic carbocycles.